The predicted molar refractivity (Wildman–Crippen MR) is 86.2 cm³/mol. The number of benzene rings is 2. The largest absolute Gasteiger partial charge is 0.493 e. The summed E-state index contributed by atoms with van der Waals surface area (Å²) in [5.41, 5.74) is 1.97. The molecule has 0 radical (unpaired) electrons. The molecule has 2 aromatic carbocycles. The number of carbonyl (C=O) groups is 1. The van der Waals surface area contributed by atoms with E-state index >= 15 is 0 Å². The van der Waals surface area contributed by atoms with Gasteiger partial charge in [0.2, 0.25) is 5.91 Å². The van der Waals surface area contributed by atoms with Crippen molar-refractivity contribution in [3.63, 3.8) is 0 Å². The van der Waals surface area contributed by atoms with Gasteiger partial charge in [0.05, 0.1) is 20.1 Å². The molecule has 2 aromatic rings. The molecule has 0 aromatic heterocycles. The zero-order valence-corrected chi connectivity index (χ0v) is 13.1. The monoisotopic (exact) mass is 299 g/mol. The fourth-order valence-electron chi connectivity index (χ4n) is 2.21. The van der Waals surface area contributed by atoms with Crippen molar-refractivity contribution in [1.29, 1.82) is 0 Å². The average Bonchev–Trinajstić information content (AvgIpc) is 2.59. The van der Waals surface area contributed by atoms with Gasteiger partial charge in [0.15, 0.2) is 11.5 Å². The van der Waals surface area contributed by atoms with Crippen molar-refractivity contribution in [3.8, 4) is 11.5 Å². The van der Waals surface area contributed by atoms with E-state index < -0.39 is 0 Å². The van der Waals surface area contributed by atoms with Crippen LogP contribution in [0.1, 0.15) is 24.0 Å². The predicted octanol–water partition coefficient (Wildman–Crippen LogP) is 3.12. The Morgan fingerprint density at radius 2 is 1.73 bits per heavy atom. The number of nitrogens with one attached hydrogen (secondary N) is 1. The summed E-state index contributed by atoms with van der Waals surface area (Å²) in [6, 6.07) is 15.4. The maximum Gasteiger partial charge on any atom is 0.227 e. The van der Waals surface area contributed by atoms with E-state index in [1.165, 1.54) is 0 Å². The molecule has 0 aliphatic heterocycles. The van der Waals surface area contributed by atoms with Crippen LogP contribution in [0, 0.1) is 0 Å². The second-order valence-electron chi connectivity index (χ2n) is 5.04. The first-order chi connectivity index (χ1) is 10.7. The molecule has 0 saturated heterocycles. The van der Waals surface area contributed by atoms with Gasteiger partial charge >= 0.3 is 0 Å². The number of methoxy groups -OCH3 is 2. The normalized spacial score (nSPS) is 11.6. The van der Waals surface area contributed by atoms with E-state index in [2.05, 4.69) is 5.32 Å². The third kappa shape index (κ3) is 3.79. The lowest BCUT2D eigenvalue weighted by Crippen LogP contribution is -2.27. The summed E-state index contributed by atoms with van der Waals surface area (Å²) in [7, 11) is 3.18. The number of hydrogen-bond donors (Lipinski definition) is 1. The summed E-state index contributed by atoms with van der Waals surface area (Å²) < 4.78 is 10.5. The molecular weight excluding hydrogens is 278 g/mol. The van der Waals surface area contributed by atoms with Crippen LogP contribution in [0.15, 0.2) is 48.5 Å². The first-order valence-electron chi connectivity index (χ1n) is 7.19. The van der Waals surface area contributed by atoms with E-state index in [-0.39, 0.29) is 11.8 Å². The molecule has 4 nitrogen and oxygen atoms in total. The van der Waals surface area contributed by atoms with E-state index in [9.17, 15) is 4.79 Å². The van der Waals surface area contributed by atoms with Crippen LogP contribution in [0.25, 0.3) is 0 Å². The highest BCUT2D eigenvalue weighted by Crippen LogP contribution is 2.30. The molecule has 0 bridgehead atoms. The molecule has 0 aliphatic rings. The van der Waals surface area contributed by atoms with Crippen LogP contribution in [0.4, 0.5) is 0 Å². The molecule has 0 fully saturated rings. The van der Waals surface area contributed by atoms with Crippen LogP contribution in [0.2, 0.25) is 0 Å². The van der Waals surface area contributed by atoms with Crippen molar-refractivity contribution < 1.29 is 14.3 Å². The zero-order valence-electron chi connectivity index (χ0n) is 13.1. The van der Waals surface area contributed by atoms with Crippen molar-refractivity contribution in [2.75, 3.05) is 14.2 Å². The van der Waals surface area contributed by atoms with Gasteiger partial charge in [-0.25, -0.2) is 0 Å². The highest BCUT2D eigenvalue weighted by atomic mass is 16.5. The number of amides is 1. The van der Waals surface area contributed by atoms with Gasteiger partial charge in [0.1, 0.15) is 0 Å². The third-order valence-corrected chi connectivity index (χ3v) is 3.61. The summed E-state index contributed by atoms with van der Waals surface area (Å²) in [5, 5.41) is 2.95. The first kappa shape index (κ1) is 15.9. The van der Waals surface area contributed by atoms with E-state index in [0.717, 1.165) is 11.1 Å². The van der Waals surface area contributed by atoms with Crippen LogP contribution in [0.5, 0.6) is 11.5 Å². The van der Waals surface area contributed by atoms with Gasteiger partial charge in [-0.3, -0.25) is 4.79 Å². The topological polar surface area (TPSA) is 47.6 Å². The Bertz CT molecular complexity index is 625. The molecule has 22 heavy (non-hydrogen) atoms. The van der Waals surface area contributed by atoms with Crippen molar-refractivity contribution in [3.05, 3.63) is 59.7 Å². The van der Waals surface area contributed by atoms with Crippen LogP contribution in [0.3, 0.4) is 0 Å². The lowest BCUT2D eigenvalue weighted by molar-refractivity contribution is -0.122. The lowest BCUT2D eigenvalue weighted by Gasteiger charge is -2.15. The lowest BCUT2D eigenvalue weighted by atomic mass is 9.99. The average molecular weight is 299 g/mol. The number of rotatable bonds is 6. The minimum Gasteiger partial charge on any atom is -0.493 e. The Kier molecular flexibility index (Phi) is 5.42. The second-order valence-corrected chi connectivity index (χ2v) is 5.04. The molecule has 1 amide bonds. The Hall–Kier alpha value is -2.49. The van der Waals surface area contributed by atoms with Crippen molar-refractivity contribution >= 4 is 5.91 Å². The zero-order chi connectivity index (χ0) is 15.9. The van der Waals surface area contributed by atoms with E-state index in [1.54, 1.807) is 14.2 Å². The van der Waals surface area contributed by atoms with Crippen LogP contribution in [-0.2, 0) is 11.3 Å². The first-order valence-corrected chi connectivity index (χ1v) is 7.19. The minimum atomic E-state index is -0.261. The Labute approximate surface area is 131 Å². The van der Waals surface area contributed by atoms with Gasteiger partial charge in [-0.15, -0.1) is 0 Å². The Morgan fingerprint density at radius 1 is 1.05 bits per heavy atom. The quantitative estimate of drug-likeness (QED) is 0.891. The van der Waals surface area contributed by atoms with Gasteiger partial charge in [-0.05, 0) is 30.2 Å². The van der Waals surface area contributed by atoms with E-state index in [0.29, 0.717) is 18.0 Å². The number of carbonyl (C=O) groups excluding carboxylic acids is 1. The summed E-state index contributed by atoms with van der Waals surface area (Å²) in [5.74, 6) is 1.01. The van der Waals surface area contributed by atoms with Gasteiger partial charge in [-0.2, -0.15) is 0 Å². The van der Waals surface area contributed by atoms with Crippen molar-refractivity contribution in [2.24, 2.45) is 0 Å². The SMILES string of the molecule is COc1ccc(C(C)C(=O)NCc2ccccc2)cc1OC. The van der Waals surface area contributed by atoms with Gasteiger partial charge in [0.25, 0.3) is 0 Å². The molecule has 0 spiro atoms. The Morgan fingerprint density at radius 3 is 2.36 bits per heavy atom. The highest BCUT2D eigenvalue weighted by Gasteiger charge is 2.17. The molecule has 1 N–H and O–H groups in total. The fourth-order valence-corrected chi connectivity index (χ4v) is 2.21. The number of hydrogen-bond acceptors (Lipinski definition) is 3. The third-order valence-electron chi connectivity index (χ3n) is 3.61. The fraction of sp³-hybridized carbons (Fsp3) is 0.278. The minimum absolute atomic E-state index is 0.0175. The van der Waals surface area contributed by atoms with E-state index in [4.69, 9.17) is 9.47 Å². The highest BCUT2D eigenvalue weighted by molar-refractivity contribution is 5.83. The van der Waals surface area contributed by atoms with Gasteiger partial charge < -0.3 is 14.8 Å². The maximum absolute atomic E-state index is 12.3. The molecule has 4 heteroatoms. The molecule has 0 heterocycles. The smallest absolute Gasteiger partial charge is 0.227 e. The molecule has 0 saturated carbocycles. The molecule has 2 rings (SSSR count). The van der Waals surface area contributed by atoms with Gasteiger partial charge in [0, 0.05) is 6.54 Å². The summed E-state index contributed by atoms with van der Waals surface area (Å²) in [6.45, 7) is 2.40. The van der Waals surface area contributed by atoms with Crippen LogP contribution >= 0.6 is 0 Å². The standard InChI is InChI=1S/C18H21NO3/c1-13(15-9-10-16(21-2)17(11-15)22-3)18(20)19-12-14-7-5-4-6-8-14/h4-11,13H,12H2,1-3H3,(H,19,20). The van der Waals surface area contributed by atoms with E-state index in [1.807, 2.05) is 55.5 Å². The summed E-state index contributed by atoms with van der Waals surface area (Å²) in [4.78, 5) is 12.3. The molecule has 116 valence electrons. The molecule has 1 atom stereocenters. The maximum atomic E-state index is 12.3. The summed E-state index contributed by atoms with van der Waals surface area (Å²) in [6.07, 6.45) is 0. The number of ether oxygens (including phenoxy) is 2. The summed E-state index contributed by atoms with van der Waals surface area (Å²) >= 11 is 0. The van der Waals surface area contributed by atoms with Crippen molar-refractivity contribution in [2.45, 2.75) is 19.4 Å². The molecule has 0 aliphatic carbocycles. The van der Waals surface area contributed by atoms with Gasteiger partial charge in [-0.1, -0.05) is 36.4 Å². The Balaban J connectivity index is 2.04. The second kappa shape index (κ2) is 7.50. The molecule has 1 unspecified atom stereocenters. The van der Waals surface area contributed by atoms with Crippen LogP contribution in [-0.4, -0.2) is 20.1 Å². The molecular formula is C18H21NO3. The van der Waals surface area contributed by atoms with Crippen LogP contribution < -0.4 is 14.8 Å². The van der Waals surface area contributed by atoms with Crippen molar-refractivity contribution in [1.82, 2.24) is 5.32 Å².